The van der Waals surface area contributed by atoms with Gasteiger partial charge in [-0.2, -0.15) is 0 Å². The summed E-state index contributed by atoms with van der Waals surface area (Å²) < 4.78 is 33.2. The summed E-state index contributed by atoms with van der Waals surface area (Å²) in [5, 5.41) is 11.8. The highest BCUT2D eigenvalue weighted by Crippen LogP contribution is 2.40. The third kappa shape index (κ3) is 4.52. The molecule has 30 heavy (non-hydrogen) atoms. The average Bonchev–Trinajstić information content (AvgIpc) is 2.67. The Bertz CT molecular complexity index is 1070. The molecule has 0 aliphatic rings. The molecule has 0 saturated heterocycles. The van der Waals surface area contributed by atoms with Gasteiger partial charge in [-0.1, -0.05) is 81.4 Å². The highest BCUT2D eigenvalue weighted by atomic mass is 32.2. The summed E-state index contributed by atoms with van der Waals surface area (Å²) >= 11 is 0. The van der Waals surface area contributed by atoms with Crippen molar-refractivity contribution in [1.29, 1.82) is 0 Å². The zero-order chi connectivity index (χ0) is 22.0. The quantitative estimate of drug-likeness (QED) is 0.572. The lowest BCUT2D eigenvalue weighted by Crippen LogP contribution is -2.68. The van der Waals surface area contributed by atoms with E-state index < -0.39 is 18.3 Å². The first-order valence-corrected chi connectivity index (χ1v) is 13.4. The molecule has 3 rings (SSSR count). The van der Waals surface area contributed by atoms with E-state index in [0.717, 1.165) is 16.6 Å². The van der Waals surface area contributed by atoms with Crippen LogP contribution in [0.2, 0.25) is 5.04 Å². The van der Waals surface area contributed by atoms with Crippen LogP contribution in [0.5, 0.6) is 11.5 Å². The highest BCUT2D eigenvalue weighted by Gasteiger charge is 2.52. The number of hydrogen-bond donors (Lipinski definition) is 2. The molecule has 0 amide bonds. The van der Waals surface area contributed by atoms with E-state index in [1.165, 1.54) is 12.1 Å². The molecule has 3 aromatic rings. The van der Waals surface area contributed by atoms with Crippen molar-refractivity contribution in [3.63, 3.8) is 0 Å². The van der Waals surface area contributed by atoms with Crippen molar-refractivity contribution in [1.82, 2.24) is 0 Å². The summed E-state index contributed by atoms with van der Waals surface area (Å²) in [6, 6.07) is 24.6. The van der Waals surface area contributed by atoms with E-state index in [2.05, 4.69) is 49.8 Å². The molecule has 5 nitrogen and oxygen atoms in total. The minimum absolute atomic E-state index is 0.0454. The van der Waals surface area contributed by atoms with Crippen LogP contribution in [0.3, 0.4) is 0 Å². The van der Waals surface area contributed by atoms with Gasteiger partial charge in [0.05, 0.1) is 11.9 Å². The number of anilines is 1. The number of benzene rings is 3. The SMILES string of the molecule is CC(C)(C)[Si](Oc1ccc(O)cc1NS(C)(=O)=O)(c1ccccc1)c1ccccc1. The van der Waals surface area contributed by atoms with Crippen molar-refractivity contribution in [3.05, 3.63) is 78.9 Å². The summed E-state index contributed by atoms with van der Waals surface area (Å²) in [4.78, 5) is 0. The fraction of sp³-hybridized carbons (Fsp3) is 0.217. The lowest BCUT2D eigenvalue weighted by molar-refractivity contribution is 0.472. The van der Waals surface area contributed by atoms with Crippen molar-refractivity contribution in [3.8, 4) is 11.5 Å². The Hall–Kier alpha value is -2.77. The molecule has 0 aromatic heterocycles. The van der Waals surface area contributed by atoms with Crippen molar-refractivity contribution in [2.75, 3.05) is 11.0 Å². The van der Waals surface area contributed by atoms with Crippen LogP contribution in [0.15, 0.2) is 78.9 Å². The minimum Gasteiger partial charge on any atom is -0.533 e. The van der Waals surface area contributed by atoms with Gasteiger partial charge < -0.3 is 9.53 Å². The largest absolute Gasteiger partial charge is 0.533 e. The van der Waals surface area contributed by atoms with E-state index in [4.69, 9.17) is 4.43 Å². The Morgan fingerprint density at radius 3 is 1.80 bits per heavy atom. The Morgan fingerprint density at radius 1 is 0.867 bits per heavy atom. The van der Waals surface area contributed by atoms with Crippen molar-refractivity contribution in [2.45, 2.75) is 25.8 Å². The monoisotopic (exact) mass is 441 g/mol. The second kappa shape index (κ2) is 8.16. The van der Waals surface area contributed by atoms with Gasteiger partial charge in [0.25, 0.3) is 0 Å². The van der Waals surface area contributed by atoms with Crippen LogP contribution in [-0.2, 0) is 10.0 Å². The first kappa shape index (κ1) is 21.9. The van der Waals surface area contributed by atoms with Gasteiger partial charge in [0, 0.05) is 6.07 Å². The Kier molecular flexibility index (Phi) is 5.96. The zero-order valence-electron chi connectivity index (χ0n) is 17.6. The zero-order valence-corrected chi connectivity index (χ0v) is 19.4. The number of nitrogens with one attached hydrogen (secondary N) is 1. The van der Waals surface area contributed by atoms with Crippen LogP contribution in [0.25, 0.3) is 0 Å². The summed E-state index contributed by atoms with van der Waals surface area (Å²) in [5.74, 6) is 0.337. The summed E-state index contributed by atoms with van der Waals surface area (Å²) in [6.45, 7) is 6.43. The van der Waals surface area contributed by atoms with E-state index in [1.54, 1.807) is 6.07 Å². The fourth-order valence-corrected chi connectivity index (χ4v) is 8.70. The molecule has 0 heterocycles. The van der Waals surface area contributed by atoms with Gasteiger partial charge in [-0.15, -0.1) is 0 Å². The molecule has 0 spiro atoms. The van der Waals surface area contributed by atoms with Crippen molar-refractivity contribution >= 4 is 34.4 Å². The summed E-state index contributed by atoms with van der Waals surface area (Å²) in [6.07, 6.45) is 1.07. The molecule has 7 heteroatoms. The van der Waals surface area contributed by atoms with Crippen molar-refractivity contribution < 1.29 is 18.0 Å². The van der Waals surface area contributed by atoms with Gasteiger partial charge in [-0.05, 0) is 27.5 Å². The number of aromatic hydroxyl groups is 1. The number of sulfonamides is 1. The number of hydrogen-bond acceptors (Lipinski definition) is 4. The lowest BCUT2D eigenvalue weighted by Gasteiger charge is -2.43. The maximum atomic E-state index is 11.9. The normalized spacial score (nSPS) is 12.4. The second-order valence-electron chi connectivity index (χ2n) is 8.32. The second-order valence-corrected chi connectivity index (χ2v) is 14.3. The van der Waals surface area contributed by atoms with Gasteiger partial charge >= 0.3 is 8.32 Å². The Balaban J connectivity index is 2.28. The molecule has 0 aliphatic carbocycles. The smallest absolute Gasteiger partial charge is 0.320 e. The van der Waals surface area contributed by atoms with Crippen LogP contribution in [0.4, 0.5) is 5.69 Å². The molecular weight excluding hydrogens is 414 g/mol. The predicted molar refractivity (Wildman–Crippen MR) is 125 cm³/mol. The molecule has 2 N–H and O–H groups in total. The van der Waals surface area contributed by atoms with E-state index in [9.17, 15) is 13.5 Å². The molecule has 0 unspecified atom stereocenters. The molecular formula is C23H27NO4SSi. The van der Waals surface area contributed by atoms with Gasteiger partial charge in [0.1, 0.15) is 11.5 Å². The number of phenolic OH excluding ortho intramolecular Hbond substituents is 1. The van der Waals surface area contributed by atoms with E-state index in [0.29, 0.717) is 5.75 Å². The topological polar surface area (TPSA) is 75.6 Å². The Morgan fingerprint density at radius 2 is 1.37 bits per heavy atom. The fourth-order valence-electron chi connectivity index (χ4n) is 3.70. The maximum absolute atomic E-state index is 11.9. The molecule has 0 saturated carbocycles. The average molecular weight is 442 g/mol. The third-order valence-corrected chi connectivity index (χ3v) is 10.5. The molecule has 0 atom stereocenters. The predicted octanol–water partition coefficient (Wildman–Crippen LogP) is 3.70. The molecule has 158 valence electrons. The van der Waals surface area contributed by atoms with E-state index >= 15 is 0 Å². The van der Waals surface area contributed by atoms with Crippen LogP contribution < -0.4 is 19.5 Å². The molecule has 0 fully saturated rings. The van der Waals surface area contributed by atoms with Gasteiger partial charge in [-0.25, -0.2) is 8.42 Å². The van der Waals surface area contributed by atoms with Crippen LogP contribution in [-0.4, -0.2) is 28.1 Å². The van der Waals surface area contributed by atoms with Crippen LogP contribution >= 0.6 is 0 Å². The first-order chi connectivity index (χ1) is 14.0. The maximum Gasteiger partial charge on any atom is 0.320 e. The highest BCUT2D eigenvalue weighted by molar-refractivity contribution is 7.92. The van der Waals surface area contributed by atoms with Crippen molar-refractivity contribution in [2.24, 2.45) is 0 Å². The van der Waals surface area contributed by atoms with Crippen LogP contribution in [0.1, 0.15) is 20.8 Å². The number of rotatable bonds is 6. The molecule has 0 aliphatic heterocycles. The lowest BCUT2D eigenvalue weighted by atomic mass is 10.2. The van der Waals surface area contributed by atoms with E-state index in [1.807, 2.05) is 36.4 Å². The standard InChI is InChI=1S/C23H27NO4SSi/c1-23(2,3)30(19-11-7-5-8-12-19,20-13-9-6-10-14-20)28-22-16-15-18(25)17-21(22)24-29(4,26)27/h5-17,24-25H,1-4H3. The van der Waals surface area contributed by atoms with Gasteiger partial charge in [0.15, 0.2) is 0 Å². The summed E-state index contributed by atoms with van der Waals surface area (Å²) in [5.41, 5.74) is 0.213. The van der Waals surface area contributed by atoms with Gasteiger partial charge in [-0.3, -0.25) is 4.72 Å². The molecule has 0 bridgehead atoms. The Labute approximate surface area is 179 Å². The molecule has 3 aromatic carbocycles. The van der Waals surface area contributed by atoms with Crippen LogP contribution in [0, 0.1) is 0 Å². The first-order valence-electron chi connectivity index (χ1n) is 9.64. The van der Waals surface area contributed by atoms with Gasteiger partial charge in [0.2, 0.25) is 10.0 Å². The number of phenols is 1. The molecule has 0 radical (unpaired) electrons. The van der Waals surface area contributed by atoms with E-state index in [-0.39, 0.29) is 16.5 Å². The minimum atomic E-state index is -3.56. The summed E-state index contributed by atoms with van der Waals surface area (Å²) in [7, 11) is -6.49. The third-order valence-electron chi connectivity index (χ3n) is 4.94.